The Balaban J connectivity index is 1.85. The monoisotopic (exact) mass is 419 g/mol. The zero-order chi connectivity index (χ0) is 22.5. The fraction of sp³-hybridized carbons (Fsp3) is 0.400. The van der Waals surface area contributed by atoms with Crippen LogP contribution >= 0.6 is 0 Å². The van der Waals surface area contributed by atoms with Crippen LogP contribution in [-0.2, 0) is 20.9 Å². The molecule has 31 heavy (non-hydrogen) atoms. The molecule has 3 rings (SSSR count). The van der Waals surface area contributed by atoms with Crippen LogP contribution in [-0.4, -0.2) is 22.5 Å². The van der Waals surface area contributed by atoms with Crippen molar-refractivity contribution in [3.63, 3.8) is 0 Å². The molecule has 1 fully saturated rings. The molecule has 1 N–H and O–H groups in total. The molecule has 1 heterocycles. The van der Waals surface area contributed by atoms with E-state index in [2.05, 4.69) is 23.7 Å². The third kappa shape index (κ3) is 5.64. The van der Waals surface area contributed by atoms with E-state index in [9.17, 15) is 14.9 Å². The molecule has 1 amide bonds. The van der Waals surface area contributed by atoms with E-state index in [-0.39, 0.29) is 17.5 Å². The van der Waals surface area contributed by atoms with E-state index in [0.29, 0.717) is 11.5 Å². The average Bonchev–Trinajstić information content (AvgIpc) is 3.52. The number of hydrogen-bond donors (Lipinski definition) is 1. The summed E-state index contributed by atoms with van der Waals surface area (Å²) in [6.07, 6.45) is 2.30. The zero-order valence-corrected chi connectivity index (χ0v) is 18.5. The van der Waals surface area contributed by atoms with E-state index in [1.165, 1.54) is 0 Å². The second-order valence-corrected chi connectivity index (χ2v) is 8.48. The van der Waals surface area contributed by atoms with Crippen LogP contribution in [0.25, 0.3) is 6.08 Å². The van der Waals surface area contributed by atoms with Gasteiger partial charge in [0.05, 0.1) is 0 Å². The molecule has 1 aromatic heterocycles. The fourth-order valence-electron chi connectivity index (χ4n) is 3.49. The minimum absolute atomic E-state index is 0.134. The zero-order valence-electron chi connectivity index (χ0n) is 18.5. The molecule has 2 aromatic rings. The molecule has 0 aliphatic heterocycles. The number of carbonyl (C=O) groups is 2. The highest BCUT2D eigenvalue weighted by molar-refractivity contribution is 5.99. The number of benzene rings is 1. The van der Waals surface area contributed by atoms with Gasteiger partial charge in [-0.15, -0.1) is 0 Å². The molecule has 6 nitrogen and oxygen atoms in total. The van der Waals surface area contributed by atoms with Crippen LogP contribution in [0.3, 0.4) is 0 Å². The summed E-state index contributed by atoms with van der Waals surface area (Å²) in [6.45, 7) is 9.11. The third-order valence-corrected chi connectivity index (χ3v) is 5.29. The maximum absolute atomic E-state index is 12.8. The van der Waals surface area contributed by atoms with Gasteiger partial charge in [0.2, 0.25) is 6.10 Å². The highest BCUT2D eigenvalue weighted by atomic mass is 16.5. The number of nitrogens with one attached hydrogen (secondary N) is 1. The molecule has 1 aliphatic carbocycles. The number of amides is 1. The van der Waals surface area contributed by atoms with Crippen molar-refractivity contribution in [3.05, 3.63) is 64.5 Å². The second kappa shape index (κ2) is 9.65. The highest BCUT2D eigenvalue weighted by Gasteiger charge is 2.31. The van der Waals surface area contributed by atoms with Crippen LogP contribution < -0.4 is 5.32 Å². The van der Waals surface area contributed by atoms with Crippen LogP contribution in [0.1, 0.15) is 55.3 Å². The van der Waals surface area contributed by atoms with Gasteiger partial charge < -0.3 is 14.6 Å². The van der Waals surface area contributed by atoms with Gasteiger partial charge >= 0.3 is 5.97 Å². The summed E-state index contributed by atoms with van der Waals surface area (Å²) in [6, 6.07) is 12.9. The number of aryl methyl sites for hydroxylation is 1. The first-order chi connectivity index (χ1) is 14.8. The summed E-state index contributed by atoms with van der Waals surface area (Å²) in [5.41, 5.74) is 3.28. The van der Waals surface area contributed by atoms with Gasteiger partial charge in [-0.25, -0.2) is 4.79 Å². The van der Waals surface area contributed by atoms with Gasteiger partial charge in [0.1, 0.15) is 11.6 Å². The van der Waals surface area contributed by atoms with Gasteiger partial charge in [-0.2, -0.15) is 5.26 Å². The Morgan fingerprint density at radius 3 is 2.52 bits per heavy atom. The molecule has 1 aromatic carbocycles. The molecule has 1 aliphatic rings. The Hall–Kier alpha value is -3.33. The van der Waals surface area contributed by atoms with Gasteiger partial charge in [-0.05, 0) is 50.3 Å². The first kappa shape index (κ1) is 22.4. The van der Waals surface area contributed by atoms with Crippen LogP contribution in [0.5, 0.6) is 0 Å². The van der Waals surface area contributed by atoms with E-state index < -0.39 is 12.1 Å². The number of nitriles is 1. The molecule has 0 saturated heterocycles. The number of nitrogens with zero attached hydrogens (tertiary/aromatic N) is 2. The van der Waals surface area contributed by atoms with Crippen LogP contribution in [0.4, 0.5) is 0 Å². The fourth-order valence-corrected chi connectivity index (χ4v) is 3.49. The standard InChI is InChI=1S/C25H29N3O3/c1-16(2)15-28-17(3)12-20(18(28)4)13-21(14-26)25(30)31-23(19-8-6-5-7-9-19)24(29)27-22-10-11-22/h5-9,12-13,16,22-23H,10-11,15H2,1-4H3,(H,27,29)/b21-13+/t23-/m1/s1. The minimum atomic E-state index is -1.10. The summed E-state index contributed by atoms with van der Waals surface area (Å²) in [5, 5.41) is 12.5. The lowest BCUT2D eigenvalue weighted by Gasteiger charge is -2.17. The van der Waals surface area contributed by atoms with Gasteiger partial charge in [-0.3, -0.25) is 4.79 Å². The lowest BCUT2D eigenvalue weighted by atomic mass is 10.1. The number of rotatable bonds is 8. The van der Waals surface area contributed by atoms with E-state index in [4.69, 9.17) is 4.74 Å². The number of esters is 1. The quantitative estimate of drug-likeness (QED) is 0.394. The maximum atomic E-state index is 12.8. The maximum Gasteiger partial charge on any atom is 0.350 e. The highest BCUT2D eigenvalue weighted by Crippen LogP contribution is 2.25. The van der Waals surface area contributed by atoms with E-state index >= 15 is 0 Å². The molecule has 0 radical (unpaired) electrons. The van der Waals surface area contributed by atoms with Crippen LogP contribution in [0.15, 0.2) is 42.0 Å². The van der Waals surface area contributed by atoms with Crippen molar-refractivity contribution >= 4 is 18.0 Å². The molecule has 1 saturated carbocycles. The first-order valence-corrected chi connectivity index (χ1v) is 10.6. The normalized spacial score (nSPS) is 14.8. The van der Waals surface area contributed by atoms with Gasteiger partial charge in [0, 0.05) is 29.5 Å². The molecular weight excluding hydrogens is 390 g/mol. The molecule has 0 spiro atoms. The number of hydrogen-bond acceptors (Lipinski definition) is 4. The summed E-state index contributed by atoms with van der Waals surface area (Å²) in [7, 11) is 0. The van der Waals surface area contributed by atoms with Crippen molar-refractivity contribution in [1.82, 2.24) is 9.88 Å². The summed E-state index contributed by atoms with van der Waals surface area (Å²) >= 11 is 0. The lowest BCUT2D eigenvalue weighted by Crippen LogP contribution is -2.33. The predicted octanol–water partition coefficient (Wildman–Crippen LogP) is 4.23. The summed E-state index contributed by atoms with van der Waals surface area (Å²) in [4.78, 5) is 25.6. The van der Waals surface area contributed by atoms with Crippen molar-refractivity contribution < 1.29 is 14.3 Å². The number of ether oxygens (including phenoxy) is 1. The summed E-state index contributed by atoms with van der Waals surface area (Å²) < 4.78 is 7.72. The van der Waals surface area contributed by atoms with Crippen molar-refractivity contribution in [2.24, 2.45) is 5.92 Å². The lowest BCUT2D eigenvalue weighted by molar-refractivity contribution is -0.152. The summed E-state index contributed by atoms with van der Waals surface area (Å²) in [5.74, 6) is -0.705. The number of aromatic nitrogens is 1. The molecule has 162 valence electrons. The third-order valence-electron chi connectivity index (χ3n) is 5.29. The Morgan fingerprint density at radius 1 is 1.26 bits per heavy atom. The SMILES string of the molecule is Cc1cc(/C=C(\C#N)C(=O)O[C@@H](C(=O)NC2CC2)c2ccccc2)c(C)n1CC(C)C. The Bertz CT molecular complexity index is 1020. The molecule has 0 bridgehead atoms. The average molecular weight is 420 g/mol. The van der Waals surface area contributed by atoms with Gasteiger partial charge in [-0.1, -0.05) is 44.2 Å². The van der Waals surface area contributed by atoms with E-state index in [1.54, 1.807) is 30.3 Å². The van der Waals surface area contributed by atoms with Crippen molar-refractivity contribution in [2.45, 2.75) is 59.2 Å². The topological polar surface area (TPSA) is 84.1 Å². The van der Waals surface area contributed by atoms with Crippen LogP contribution in [0.2, 0.25) is 0 Å². The minimum Gasteiger partial charge on any atom is -0.443 e. The smallest absolute Gasteiger partial charge is 0.350 e. The Labute approximate surface area is 183 Å². The Morgan fingerprint density at radius 2 is 1.94 bits per heavy atom. The second-order valence-electron chi connectivity index (χ2n) is 8.48. The van der Waals surface area contributed by atoms with Crippen molar-refractivity contribution in [1.29, 1.82) is 5.26 Å². The van der Waals surface area contributed by atoms with Gasteiger partial charge in [0.15, 0.2) is 0 Å². The molecule has 0 unspecified atom stereocenters. The van der Waals surface area contributed by atoms with E-state index in [1.807, 2.05) is 32.0 Å². The number of carbonyl (C=O) groups excluding carboxylic acids is 2. The van der Waals surface area contributed by atoms with E-state index in [0.717, 1.165) is 36.3 Å². The molecule has 1 atom stereocenters. The Kier molecular flexibility index (Phi) is 6.96. The van der Waals surface area contributed by atoms with Crippen molar-refractivity contribution in [2.75, 3.05) is 0 Å². The van der Waals surface area contributed by atoms with Crippen molar-refractivity contribution in [3.8, 4) is 6.07 Å². The molecule has 6 heteroatoms. The first-order valence-electron chi connectivity index (χ1n) is 10.6. The largest absolute Gasteiger partial charge is 0.443 e. The van der Waals surface area contributed by atoms with Crippen LogP contribution in [0, 0.1) is 31.1 Å². The predicted molar refractivity (Wildman–Crippen MR) is 119 cm³/mol. The van der Waals surface area contributed by atoms with Gasteiger partial charge in [0.25, 0.3) is 5.91 Å². The molecular formula is C25H29N3O3.